The summed E-state index contributed by atoms with van der Waals surface area (Å²) < 4.78 is 0. The molecule has 2 heteroatoms. The van der Waals surface area contributed by atoms with E-state index in [9.17, 15) is 4.79 Å². The SMILES string of the molecule is C/C=C(/C)[C@H](C)C(=O)N(C(C)C)C(C)C. The molecule has 0 fully saturated rings. The largest absolute Gasteiger partial charge is 0.337 e. The van der Waals surface area contributed by atoms with Crippen molar-refractivity contribution < 1.29 is 4.79 Å². The molecule has 2 nitrogen and oxygen atoms in total. The highest BCUT2D eigenvalue weighted by molar-refractivity contribution is 5.81. The van der Waals surface area contributed by atoms with Crippen LogP contribution in [0.4, 0.5) is 0 Å². The quantitative estimate of drug-likeness (QED) is 0.654. The molecule has 88 valence electrons. The third-order valence-electron chi connectivity index (χ3n) is 2.88. The monoisotopic (exact) mass is 211 g/mol. The molecule has 0 rings (SSSR count). The first-order valence-electron chi connectivity index (χ1n) is 5.77. The van der Waals surface area contributed by atoms with Crippen LogP contribution in [-0.2, 0) is 4.79 Å². The summed E-state index contributed by atoms with van der Waals surface area (Å²) in [6.45, 7) is 14.2. The predicted molar refractivity (Wildman–Crippen MR) is 65.7 cm³/mol. The van der Waals surface area contributed by atoms with E-state index in [1.807, 2.05) is 31.7 Å². The van der Waals surface area contributed by atoms with Crippen LogP contribution < -0.4 is 0 Å². The number of allylic oxidation sites excluding steroid dienone is 1. The predicted octanol–water partition coefficient (Wildman–Crippen LogP) is 3.23. The van der Waals surface area contributed by atoms with Gasteiger partial charge in [0.15, 0.2) is 0 Å². The number of amides is 1. The highest BCUT2D eigenvalue weighted by Gasteiger charge is 2.25. The molecule has 1 atom stereocenters. The first-order valence-corrected chi connectivity index (χ1v) is 5.77. The molecular weight excluding hydrogens is 186 g/mol. The number of nitrogens with zero attached hydrogens (tertiary/aromatic N) is 1. The van der Waals surface area contributed by atoms with Crippen LogP contribution in [0.5, 0.6) is 0 Å². The molecule has 0 aromatic rings. The van der Waals surface area contributed by atoms with Crippen molar-refractivity contribution in [3.63, 3.8) is 0 Å². The Bertz CT molecular complexity index is 233. The minimum Gasteiger partial charge on any atom is -0.337 e. The van der Waals surface area contributed by atoms with Crippen molar-refractivity contribution in [1.29, 1.82) is 0 Å². The number of rotatable bonds is 4. The van der Waals surface area contributed by atoms with Crippen LogP contribution >= 0.6 is 0 Å². The van der Waals surface area contributed by atoms with E-state index in [0.717, 1.165) is 5.57 Å². The minimum absolute atomic E-state index is 0.000185. The van der Waals surface area contributed by atoms with E-state index in [-0.39, 0.29) is 23.9 Å². The van der Waals surface area contributed by atoms with Crippen LogP contribution in [0.2, 0.25) is 0 Å². The van der Waals surface area contributed by atoms with Gasteiger partial charge in [0, 0.05) is 12.1 Å². The molecule has 0 N–H and O–H groups in total. The van der Waals surface area contributed by atoms with Gasteiger partial charge in [-0.15, -0.1) is 0 Å². The third-order valence-corrected chi connectivity index (χ3v) is 2.88. The fraction of sp³-hybridized carbons (Fsp3) is 0.769. The lowest BCUT2D eigenvalue weighted by Gasteiger charge is -2.33. The Morgan fingerprint density at radius 3 is 1.73 bits per heavy atom. The lowest BCUT2D eigenvalue weighted by Crippen LogP contribution is -2.44. The van der Waals surface area contributed by atoms with E-state index >= 15 is 0 Å². The molecule has 0 spiro atoms. The summed E-state index contributed by atoms with van der Waals surface area (Å²) in [5.41, 5.74) is 1.14. The number of hydrogen-bond donors (Lipinski definition) is 0. The molecule has 0 heterocycles. The average molecular weight is 211 g/mol. The second-order valence-electron chi connectivity index (χ2n) is 4.69. The zero-order valence-corrected chi connectivity index (χ0v) is 11.2. The molecule has 0 aromatic heterocycles. The Morgan fingerprint density at radius 1 is 1.07 bits per heavy atom. The molecular formula is C13H25NO. The Balaban J connectivity index is 4.80. The van der Waals surface area contributed by atoms with Gasteiger partial charge >= 0.3 is 0 Å². The lowest BCUT2D eigenvalue weighted by molar-refractivity contribution is -0.137. The molecule has 0 radical (unpaired) electrons. The summed E-state index contributed by atoms with van der Waals surface area (Å²) in [5.74, 6) is 0.232. The van der Waals surface area contributed by atoms with Gasteiger partial charge in [0.25, 0.3) is 0 Å². The molecule has 0 unspecified atom stereocenters. The highest BCUT2D eigenvalue weighted by Crippen LogP contribution is 2.17. The molecule has 0 saturated heterocycles. The van der Waals surface area contributed by atoms with Gasteiger partial charge in [0.1, 0.15) is 0 Å². The highest BCUT2D eigenvalue weighted by atomic mass is 16.2. The third kappa shape index (κ3) is 3.69. The zero-order chi connectivity index (χ0) is 12.2. The maximum atomic E-state index is 12.2. The van der Waals surface area contributed by atoms with Gasteiger partial charge in [-0.2, -0.15) is 0 Å². The van der Waals surface area contributed by atoms with Crippen molar-refractivity contribution in [2.45, 2.75) is 60.5 Å². The fourth-order valence-corrected chi connectivity index (χ4v) is 1.77. The summed E-state index contributed by atoms with van der Waals surface area (Å²) >= 11 is 0. The van der Waals surface area contributed by atoms with Crippen LogP contribution in [0, 0.1) is 5.92 Å². The van der Waals surface area contributed by atoms with Gasteiger partial charge in [-0.3, -0.25) is 4.79 Å². The molecule has 0 aliphatic carbocycles. The van der Waals surface area contributed by atoms with E-state index in [1.54, 1.807) is 0 Å². The molecule has 0 aromatic carbocycles. The Kier molecular flexibility index (Phi) is 5.63. The van der Waals surface area contributed by atoms with Gasteiger partial charge in [-0.05, 0) is 48.5 Å². The Labute approximate surface area is 94.4 Å². The van der Waals surface area contributed by atoms with Crippen LogP contribution in [0.3, 0.4) is 0 Å². The van der Waals surface area contributed by atoms with E-state index in [0.29, 0.717) is 0 Å². The van der Waals surface area contributed by atoms with Gasteiger partial charge in [0.05, 0.1) is 5.92 Å². The van der Waals surface area contributed by atoms with Gasteiger partial charge < -0.3 is 4.90 Å². The summed E-state index contributed by atoms with van der Waals surface area (Å²) in [6.07, 6.45) is 2.02. The minimum atomic E-state index is -0.000185. The molecule has 15 heavy (non-hydrogen) atoms. The molecule has 0 aliphatic heterocycles. The second kappa shape index (κ2) is 5.94. The zero-order valence-electron chi connectivity index (χ0n) is 11.2. The van der Waals surface area contributed by atoms with E-state index in [1.165, 1.54) is 0 Å². The first-order chi connectivity index (χ1) is 6.82. The van der Waals surface area contributed by atoms with Crippen molar-refractivity contribution in [1.82, 2.24) is 4.90 Å². The van der Waals surface area contributed by atoms with E-state index in [4.69, 9.17) is 0 Å². The first kappa shape index (κ1) is 14.2. The van der Waals surface area contributed by atoms with Crippen LogP contribution in [0.25, 0.3) is 0 Å². The topological polar surface area (TPSA) is 20.3 Å². The molecule has 0 bridgehead atoms. The van der Waals surface area contributed by atoms with Crippen molar-refractivity contribution >= 4 is 5.91 Å². The standard InChI is InChI=1S/C13H25NO/c1-8-11(6)12(7)13(15)14(9(2)3)10(4)5/h8-10,12H,1-7H3/b11-8-/t12-/m0/s1. The summed E-state index contributed by atoms with van der Waals surface area (Å²) in [7, 11) is 0. The summed E-state index contributed by atoms with van der Waals surface area (Å²) in [5, 5.41) is 0. The number of hydrogen-bond acceptors (Lipinski definition) is 1. The van der Waals surface area contributed by atoms with Crippen LogP contribution in [0.1, 0.15) is 48.5 Å². The van der Waals surface area contributed by atoms with Crippen LogP contribution in [0.15, 0.2) is 11.6 Å². The molecule has 0 saturated carbocycles. The molecule has 0 aliphatic rings. The van der Waals surface area contributed by atoms with Crippen molar-refractivity contribution in [3.05, 3.63) is 11.6 Å². The molecule has 1 amide bonds. The van der Waals surface area contributed by atoms with Gasteiger partial charge in [0.2, 0.25) is 5.91 Å². The van der Waals surface area contributed by atoms with Gasteiger partial charge in [-0.1, -0.05) is 11.6 Å². The van der Waals surface area contributed by atoms with E-state index in [2.05, 4.69) is 27.7 Å². The number of carbonyl (C=O) groups excluding carboxylic acids is 1. The maximum absolute atomic E-state index is 12.2. The maximum Gasteiger partial charge on any atom is 0.229 e. The summed E-state index contributed by atoms with van der Waals surface area (Å²) in [4.78, 5) is 14.2. The normalized spacial score (nSPS) is 14.6. The Morgan fingerprint density at radius 2 is 1.47 bits per heavy atom. The van der Waals surface area contributed by atoms with E-state index < -0.39 is 0 Å². The fourth-order valence-electron chi connectivity index (χ4n) is 1.77. The Hall–Kier alpha value is -0.790. The second-order valence-corrected chi connectivity index (χ2v) is 4.69. The van der Waals surface area contributed by atoms with Crippen molar-refractivity contribution in [2.75, 3.05) is 0 Å². The average Bonchev–Trinajstić information content (AvgIpc) is 2.14. The lowest BCUT2D eigenvalue weighted by atomic mass is 9.99. The smallest absolute Gasteiger partial charge is 0.229 e. The van der Waals surface area contributed by atoms with Crippen molar-refractivity contribution in [2.24, 2.45) is 5.92 Å². The van der Waals surface area contributed by atoms with Gasteiger partial charge in [-0.25, -0.2) is 0 Å². The summed E-state index contributed by atoms with van der Waals surface area (Å²) in [6, 6.07) is 0.536. The van der Waals surface area contributed by atoms with Crippen molar-refractivity contribution in [3.8, 4) is 0 Å². The number of carbonyl (C=O) groups is 1. The van der Waals surface area contributed by atoms with Crippen LogP contribution in [-0.4, -0.2) is 22.9 Å².